The van der Waals surface area contributed by atoms with E-state index >= 15 is 0 Å². The largest absolute Gasteiger partial charge is 0.323 e. The van der Waals surface area contributed by atoms with E-state index in [4.69, 9.17) is 0 Å². The minimum atomic E-state index is -3.69. The zero-order valence-corrected chi connectivity index (χ0v) is 18.6. The van der Waals surface area contributed by atoms with Gasteiger partial charge in [-0.25, -0.2) is 4.83 Å². The highest BCUT2D eigenvalue weighted by Crippen LogP contribution is 2.60. The second-order valence-corrected chi connectivity index (χ2v) is 13.1. The van der Waals surface area contributed by atoms with Crippen LogP contribution < -0.4 is 4.83 Å². The Balaban J connectivity index is 2.92. The van der Waals surface area contributed by atoms with E-state index in [0.29, 0.717) is 12.1 Å². The molecule has 26 heavy (non-hydrogen) atoms. The molecule has 0 spiro atoms. The number of hydrogen-bond acceptors (Lipinski definition) is 4. The van der Waals surface area contributed by atoms with Crippen molar-refractivity contribution in [3.05, 3.63) is 29.8 Å². The van der Waals surface area contributed by atoms with Gasteiger partial charge in [-0.05, 0) is 45.2 Å². The standard InChI is InChI=1S/C19H33N2O3PS/c1-7-13-25(22,14-8-2)19(5,6)15-17(4)20-21-26(23,24)18-11-9-16(3)10-12-18/h9-12,21H,7-8,13-15H2,1-6H3/b20-17-. The number of hydrazone groups is 1. The van der Waals surface area contributed by atoms with E-state index in [0.717, 1.165) is 30.7 Å². The van der Waals surface area contributed by atoms with Gasteiger partial charge in [-0.15, -0.1) is 0 Å². The maximum atomic E-state index is 13.4. The van der Waals surface area contributed by atoms with Crippen molar-refractivity contribution in [2.45, 2.75) is 70.9 Å². The van der Waals surface area contributed by atoms with Gasteiger partial charge in [0, 0.05) is 23.2 Å². The van der Waals surface area contributed by atoms with Crippen LogP contribution in [0.3, 0.4) is 0 Å². The van der Waals surface area contributed by atoms with Crippen LogP contribution in [0, 0.1) is 6.92 Å². The SMILES string of the molecule is CCCP(=O)(CCC)C(C)(C)C/C(C)=N\NS(=O)(=O)c1ccc(C)cc1. The Morgan fingerprint density at radius 2 is 1.62 bits per heavy atom. The summed E-state index contributed by atoms with van der Waals surface area (Å²) in [6.07, 6.45) is 3.71. The molecule has 0 aromatic heterocycles. The number of nitrogens with one attached hydrogen (secondary N) is 1. The van der Waals surface area contributed by atoms with Gasteiger partial charge in [0.2, 0.25) is 0 Å². The number of aryl methyl sites for hydroxylation is 1. The second-order valence-electron chi connectivity index (χ2n) is 7.58. The first kappa shape index (κ1) is 22.9. The molecule has 0 saturated heterocycles. The van der Waals surface area contributed by atoms with Gasteiger partial charge in [0.15, 0.2) is 0 Å². The summed E-state index contributed by atoms with van der Waals surface area (Å²) in [5.74, 6) is 0. The fourth-order valence-electron chi connectivity index (χ4n) is 3.16. The lowest BCUT2D eigenvalue weighted by molar-refractivity contribution is 0.538. The van der Waals surface area contributed by atoms with Gasteiger partial charge in [0.25, 0.3) is 10.0 Å². The Bertz CT molecular complexity index is 758. The Morgan fingerprint density at radius 3 is 2.08 bits per heavy atom. The zero-order valence-electron chi connectivity index (χ0n) is 16.9. The van der Waals surface area contributed by atoms with Crippen LogP contribution in [0.15, 0.2) is 34.3 Å². The molecule has 1 aromatic carbocycles. The number of benzene rings is 1. The zero-order chi connectivity index (χ0) is 20.0. The van der Waals surface area contributed by atoms with Crippen LogP contribution in [0.5, 0.6) is 0 Å². The van der Waals surface area contributed by atoms with Gasteiger partial charge < -0.3 is 4.57 Å². The number of nitrogens with zero attached hydrogens (tertiary/aromatic N) is 1. The van der Waals surface area contributed by atoms with Crippen molar-refractivity contribution in [1.29, 1.82) is 0 Å². The lowest BCUT2D eigenvalue weighted by atomic mass is 10.1. The average molecular weight is 401 g/mol. The van der Waals surface area contributed by atoms with Crippen molar-refractivity contribution in [1.82, 2.24) is 4.83 Å². The summed E-state index contributed by atoms with van der Waals surface area (Å²) in [4.78, 5) is 2.49. The lowest BCUT2D eigenvalue weighted by Crippen LogP contribution is -2.28. The van der Waals surface area contributed by atoms with Crippen molar-refractivity contribution in [3.63, 3.8) is 0 Å². The topological polar surface area (TPSA) is 75.6 Å². The Kier molecular flexibility index (Phi) is 8.09. The molecular formula is C19H33N2O3PS. The van der Waals surface area contributed by atoms with E-state index in [1.807, 2.05) is 20.8 Å². The normalized spacial score (nSPS) is 13.7. The molecule has 0 aliphatic heterocycles. The molecule has 5 nitrogen and oxygen atoms in total. The van der Waals surface area contributed by atoms with Gasteiger partial charge in [-0.1, -0.05) is 45.4 Å². The highest BCUT2D eigenvalue weighted by Gasteiger charge is 2.38. The summed E-state index contributed by atoms with van der Waals surface area (Å²) >= 11 is 0. The fourth-order valence-corrected chi connectivity index (χ4v) is 7.43. The van der Waals surface area contributed by atoms with E-state index in [1.165, 1.54) is 0 Å². The summed E-state index contributed by atoms with van der Waals surface area (Å²) in [7, 11) is -6.05. The lowest BCUT2D eigenvalue weighted by Gasteiger charge is -2.34. The maximum absolute atomic E-state index is 13.4. The van der Waals surface area contributed by atoms with Crippen LogP contribution in [0.2, 0.25) is 0 Å². The first-order valence-electron chi connectivity index (χ1n) is 9.17. The molecule has 7 heteroatoms. The first-order chi connectivity index (χ1) is 12.0. The van der Waals surface area contributed by atoms with Gasteiger partial charge in [0.05, 0.1) is 12.0 Å². The van der Waals surface area contributed by atoms with E-state index in [2.05, 4.69) is 23.8 Å². The molecular weight excluding hydrogens is 367 g/mol. The van der Waals surface area contributed by atoms with Crippen molar-refractivity contribution >= 4 is 22.9 Å². The second kappa shape index (κ2) is 9.18. The van der Waals surface area contributed by atoms with Gasteiger partial charge in [-0.2, -0.15) is 13.5 Å². The Hall–Kier alpha value is -1.13. The predicted molar refractivity (Wildman–Crippen MR) is 111 cm³/mol. The number of hydrogen-bond donors (Lipinski definition) is 1. The molecule has 0 aliphatic carbocycles. The van der Waals surface area contributed by atoms with Crippen LogP contribution in [0.1, 0.15) is 59.4 Å². The molecule has 0 unspecified atom stereocenters. The molecule has 0 bridgehead atoms. The highest BCUT2D eigenvalue weighted by molar-refractivity contribution is 7.89. The number of sulfonamides is 1. The quantitative estimate of drug-likeness (QED) is 0.341. The van der Waals surface area contributed by atoms with Crippen LogP contribution in [0.25, 0.3) is 0 Å². The van der Waals surface area contributed by atoms with Gasteiger partial charge in [-0.3, -0.25) is 0 Å². The smallest absolute Gasteiger partial charge is 0.276 e. The van der Waals surface area contributed by atoms with Crippen molar-refractivity contribution in [2.75, 3.05) is 12.3 Å². The molecule has 0 saturated carbocycles. The molecule has 0 atom stereocenters. The number of rotatable bonds is 10. The molecule has 1 N–H and O–H groups in total. The average Bonchev–Trinajstić information content (AvgIpc) is 2.53. The minimum absolute atomic E-state index is 0.182. The summed E-state index contributed by atoms with van der Waals surface area (Å²) in [6, 6.07) is 6.62. The summed E-state index contributed by atoms with van der Waals surface area (Å²) in [6.45, 7) is 11.8. The van der Waals surface area contributed by atoms with Gasteiger partial charge >= 0.3 is 0 Å². The molecule has 0 radical (unpaired) electrons. The van der Waals surface area contributed by atoms with Crippen LogP contribution in [-0.2, 0) is 14.6 Å². The minimum Gasteiger partial charge on any atom is -0.323 e. The molecule has 1 aromatic rings. The fraction of sp³-hybridized carbons (Fsp3) is 0.632. The highest BCUT2D eigenvalue weighted by atomic mass is 32.2. The molecule has 0 fully saturated rings. The Labute approximate surface area is 159 Å². The molecule has 1 rings (SSSR count). The monoisotopic (exact) mass is 400 g/mol. The third kappa shape index (κ3) is 5.95. The summed E-state index contributed by atoms with van der Waals surface area (Å²) < 4.78 is 38.1. The van der Waals surface area contributed by atoms with Crippen molar-refractivity contribution in [2.24, 2.45) is 5.10 Å². The predicted octanol–water partition coefficient (Wildman–Crippen LogP) is 5.00. The molecule has 0 amide bonds. The summed E-state index contributed by atoms with van der Waals surface area (Å²) in [5, 5.41) is 3.67. The first-order valence-corrected chi connectivity index (χ1v) is 12.7. The third-order valence-electron chi connectivity index (χ3n) is 4.65. The van der Waals surface area contributed by atoms with Crippen molar-refractivity contribution in [3.8, 4) is 0 Å². The van der Waals surface area contributed by atoms with E-state index in [1.54, 1.807) is 31.2 Å². The Morgan fingerprint density at radius 1 is 1.12 bits per heavy atom. The third-order valence-corrected chi connectivity index (χ3v) is 10.6. The molecule has 148 valence electrons. The van der Waals surface area contributed by atoms with E-state index in [9.17, 15) is 13.0 Å². The van der Waals surface area contributed by atoms with E-state index < -0.39 is 22.3 Å². The van der Waals surface area contributed by atoms with Crippen molar-refractivity contribution < 1.29 is 13.0 Å². The van der Waals surface area contributed by atoms with E-state index in [-0.39, 0.29) is 4.90 Å². The van der Waals surface area contributed by atoms with Crippen LogP contribution in [0.4, 0.5) is 0 Å². The molecule has 0 aliphatic rings. The summed E-state index contributed by atoms with van der Waals surface area (Å²) in [5.41, 5.74) is 1.63. The maximum Gasteiger partial charge on any atom is 0.276 e. The van der Waals surface area contributed by atoms with Gasteiger partial charge in [0.1, 0.15) is 0 Å². The molecule has 0 heterocycles. The van der Waals surface area contributed by atoms with Crippen LogP contribution >= 0.6 is 7.14 Å². The van der Waals surface area contributed by atoms with Crippen LogP contribution in [-0.4, -0.2) is 31.6 Å².